The van der Waals surface area contributed by atoms with Gasteiger partial charge < -0.3 is 15.8 Å². The number of hydrogen-bond donors (Lipinski definition) is 2. The maximum Gasteiger partial charge on any atom is 0.156 e. The van der Waals surface area contributed by atoms with Gasteiger partial charge in [0.1, 0.15) is 11.6 Å². The number of hydrogen-bond acceptors (Lipinski definition) is 3. The summed E-state index contributed by atoms with van der Waals surface area (Å²) in [5.74, 6) is 1.64. The van der Waals surface area contributed by atoms with E-state index in [0.717, 1.165) is 34.9 Å². The summed E-state index contributed by atoms with van der Waals surface area (Å²) >= 11 is 0. The van der Waals surface area contributed by atoms with E-state index in [1.807, 2.05) is 36.4 Å². The smallest absolute Gasteiger partial charge is 0.156 e. The Kier molecular flexibility index (Phi) is 3.52. The van der Waals surface area contributed by atoms with Crippen LogP contribution in [-0.4, -0.2) is 11.9 Å². The van der Waals surface area contributed by atoms with Gasteiger partial charge in [-0.3, -0.25) is 0 Å². The zero-order chi connectivity index (χ0) is 14.8. The van der Waals surface area contributed by atoms with E-state index in [1.54, 1.807) is 0 Å². The van der Waals surface area contributed by atoms with Gasteiger partial charge in [-0.2, -0.15) is 0 Å². The third-order valence-electron chi connectivity index (χ3n) is 3.57. The Balaban J connectivity index is 2.00. The second kappa shape index (κ2) is 5.48. The fraction of sp³-hybridized carbons (Fsp3) is 0.235. The van der Waals surface area contributed by atoms with Crippen molar-refractivity contribution in [3.63, 3.8) is 0 Å². The van der Waals surface area contributed by atoms with E-state index >= 15 is 0 Å². The van der Waals surface area contributed by atoms with E-state index in [9.17, 15) is 0 Å². The first-order chi connectivity index (χ1) is 10.2. The maximum absolute atomic E-state index is 6.01. The van der Waals surface area contributed by atoms with E-state index in [4.69, 9.17) is 15.5 Å². The summed E-state index contributed by atoms with van der Waals surface area (Å²) in [6.45, 7) is 4.14. The van der Waals surface area contributed by atoms with Crippen LogP contribution in [0.5, 0.6) is 5.75 Å². The Hall–Kier alpha value is -2.49. The Morgan fingerprint density at radius 3 is 2.81 bits per heavy atom. The predicted molar refractivity (Wildman–Crippen MR) is 87.5 cm³/mol. The van der Waals surface area contributed by atoms with E-state index < -0.39 is 0 Å². The summed E-state index contributed by atoms with van der Waals surface area (Å²) in [5, 5.41) is 3.36. The molecule has 0 bridgehead atoms. The number of rotatable bonds is 2. The van der Waals surface area contributed by atoms with Crippen LogP contribution in [-0.2, 0) is 0 Å². The summed E-state index contributed by atoms with van der Waals surface area (Å²) in [4.78, 5) is 4.74. The van der Waals surface area contributed by atoms with E-state index in [-0.39, 0.29) is 6.10 Å². The van der Waals surface area contributed by atoms with Gasteiger partial charge in [0.25, 0.3) is 0 Å². The number of nitrogen functional groups attached to an aromatic ring is 1. The van der Waals surface area contributed by atoms with Crippen LogP contribution in [0.3, 0.4) is 0 Å². The van der Waals surface area contributed by atoms with Crippen molar-refractivity contribution in [2.45, 2.75) is 26.4 Å². The number of nitrogens with zero attached hydrogens (tertiary/aromatic N) is 1. The molecular formula is C17H19N3O. The topological polar surface area (TPSA) is 59.6 Å². The van der Waals surface area contributed by atoms with Crippen molar-refractivity contribution in [2.75, 3.05) is 11.1 Å². The first-order valence-corrected chi connectivity index (χ1v) is 7.15. The Morgan fingerprint density at radius 2 is 2.05 bits per heavy atom. The van der Waals surface area contributed by atoms with Gasteiger partial charge in [-0.25, -0.2) is 4.99 Å². The molecule has 1 aliphatic heterocycles. The third-order valence-corrected chi connectivity index (χ3v) is 3.57. The number of aliphatic imine (C=N–C) groups is 1. The molecule has 1 heterocycles. The van der Waals surface area contributed by atoms with Gasteiger partial charge in [0.2, 0.25) is 0 Å². The number of fused-ring (bicyclic) bond motifs is 1. The van der Waals surface area contributed by atoms with Crippen molar-refractivity contribution in [3.05, 3.63) is 48.0 Å². The van der Waals surface area contributed by atoms with Gasteiger partial charge in [0, 0.05) is 5.69 Å². The number of amidine groups is 1. The molecule has 2 aromatic rings. The van der Waals surface area contributed by atoms with Gasteiger partial charge in [0.05, 0.1) is 11.4 Å². The minimum Gasteiger partial charge on any atom is -0.480 e. The highest BCUT2D eigenvalue weighted by atomic mass is 16.5. The van der Waals surface area contributed by atoms with Crippen molar-refractivity contribution in [2.24, 2.45) is 4.99 Å². The molecule has 1 unspecified atom stereocenters. The average molecular weight is 281 g/mol. The number of anilines is 2. The standard InChI is InChI=1S/C17H19N3O/c1-3-15-17(19-13-7-5-4-6-11(13)2)20-14-10-12(18)8-9-16(14)21-15/h4-10,15H,3,18H2,1-2H3,(H,19,20). The molecule has 1 aliphatic rings. The van der Waals surface area contributed by atoms with E-state index in [2.05, 4.69) is 25.2 Å². The lowest BCUT2D eigenvalue weighted by atomic mass is 10.1. The summed E-state index contributed by atoms with van der Waals surface area (Å²) in [7, 11) is 0. The normalized spacial score (nSPS) is 18.8. The van der Waals surface area contributed by atoms with Gasteiger partial charge in [-0.05, 0) is 43.2 Å². The highest BCUT2D eigenvalue weighted by molar-refractivity contribution is 6.03. The zero-order valence-corrected chi connectivity index (χ0v) is 12.3. The fourth-order valence-corrected chi connectivity index (χ4v) is 2.37. The summed E-state index contributed by atoms with van der Waals surface area (Å²) in [5.41, 5.74) is 9.50. The van der Waals surface area contributed by atoms with Crippen LogP contribution in [0.4, 0.5) is 17.1 Å². The number of benzene rings is 2. The monoisotopic (exact) mass is 281 g/mol. The average Bonchev–Trinajstić information content (AvgIpc) is 2.49. The molecule has 0 spiro atoms. The van der Waals surface area contributed by atoms with Crippen LogP contribution in [0.1, 0.15) is 18.9 Å². The SMILES string of the molecule is CCC1Oc2ccc(N)cc2NC1=Nc1ccccc1C. The van der Waals surface area contributed by atoms with E-state index in [0.29, 0.717) is 5.69 Å². The van der Waals surface area contributed by atoms with Crippen LogP contribution in [0.15, 0.2) is 47.5 Å². The predicted octanol–water partition coefficient (Wildman–Crippen LogP) is 3.89. The Bertz CT molecular complexity index is 694. The van der Waals surface area contributed by atoms with Crippen LogP contribution in [0.25, 0.3) is 0 Å². The Morgan fingerprint density at radius 1 is 1.24 bits per heavy atom. The molecule has 21 heavy (non-hydrogen) atoms. The number of nitrogens with one attached hydrogen (secondary N) is 1. The van der Waals surface area contributed by atoms with Crippen molar-refractivity contribution in [1.29, 1.82) is 0 Å². The largest absolute Gasteiger partial charge is 0.480 e. The minimum absolute atomic E-state index is 0.0688. The van der Waals surface area contributed by atoms with Gasteiger partial charge >= 0.3 is 0 Å². The molecule has 0 amide bonds. The number of aryl methyl sites for hydroxylation is 1. The molecule has 4 heteroatoms. The Labute approximate surface area is 124 Å². The molecule has 3 rings (SSSR count). The molecule has 3 N–H and O–H groups in total. The number of ether oxygens (including phenoxy) is 1. The molecule has 1 atom stereocenters. The molecular weight excluding hydrogens is 262 g/mol. The maximum atomic E-state index is 6.01. The molecule has 0 fully saturated rings. The highest BCUT2D eigenvalue weighted by Crippen LogP contribution is 2.33. The van der Waals surface area contributed by atoms with Crippen molar-refractivity contribution in [3.8, 4) is 5.75 Å². The second-order valence-electron chi connectivity index (χ2n) is 5.18. The van der Waals surface area contributed by atoms with Gasteiger partial charge in [-0.1, -0.05) is 25.1 Å². The lowest BCUT2D eigenvalue weighted by molar-refractivity contribution is 0.259. The summed E-state index contributed by atoms with van der Waals surface area (Å²) in [6, 6.07) is 13.7. The second-order valence-corrected chi connectivity index (χ2v) is 5.18. The first kappa shape index (κ1) is 13.5. The molecule has 0 radical (unpaired) electrons. The molecule has 0 saturated carbocycles. The highest BCUT2D eigenvalue weighted by Gasteiger charge is 2.24. The van der Waals surface area contributed by atoms with E-state index in [1.165, 1.54) is 0 Å². The molecule has 4 nitrogen and oxygen atoms in total. The lowest BCUT2D eigenvalue weighted by Crippen LogP contribution is -2.36. The number of nitrogens with two attached hydrogens (primary N) is 1. The van der Waals surface area contributed by atoms with Gasteiger partial charge in [-0.15, -0.1) is 0 Å². The molecule has 2 aromatic carbocycles. The zero-order valence-electron chi connectivity index (χ0n) is 12.3. The fourth-order valence-electron chi connectivity index (χ4n) is 2.37. The van der Waals surface area contributed by atoms with Crippen LogP contribution in [0.2, 0.25) is 0 Å². The quantitative estimate of drug-likeness (QED) is 0.821. The van der Waals surface area contributed by atoms with Gasteiger partial charge in [0.15, 0.2) is 6.10 Å². The molecule has 0 aliphatic carbocycles. The van der Waals surface area contributed by atoms with Crippen LogP contribution < -0.4 is 15.8 Å². The number of para-hydroxylation sites is 1. The molecule has 0 aromatic heterocycles. The third kappa shape index (κ3) is 2.70. The molecule has 108 valence electrons. The van der Waals surface area contributed by atoms with Crippen LogP contribution in [0, 0.1) is 6.92 Å². The van der Waals surface area contributed by atoms with Crippen molar-refractivity contribution < 1.29 is 4.74 Å². The summed E-state index contributed by atoms with van der Waals surface area (Å²) < 4.78 is 6.01. The summed E-state index contributed by atoms with van der Waals surface area (Å²) in [6.07, 6.45) is 0.780. The minimum atomic E-state index is -0.0688. The molecule has 0 saturated heterocycles. The van der Waals surface area contributed by atoms with Crippen molar-refractivity contribution in [1.82, 2.24) is 0 Å². The first-order valence-electron chi connectivity index (χ1n) is 7.15. The lowest BCUT2D eigenvalue weighted by Gasteiger charge is -2.28. The van der Waals surface area contributed by atoms with Crippen molar-refractivity contribution >= 4 is 22.9 Å². The van der Waals surface area contributed by atoms with Crippen LogP contribution >= 0.6 is 0 Å².